The molecule has 1 aliphatic heterocycles. The van der Waals surface area contributed by atoms with Crippen LogP contribution in [0.3, 0.4) is 0 Å². The normalized spacial score (nSPS) is 13.1. The fourth-order valence-corrected chi connectivity index (χ4v) is 2.99. The van der Waals surface area contributed by atoms with Crippen LogP contribution >= 0.6 is 11.8 Å². The van der Waals surface area contributed by atoms with E-state index in [1.807, 2.05) is 32.0 Å². The Morgan fingerprint density at radius 3 is 2.67 bits per heavy atom. The van der Waals surface area contributed by atoms with Crippen molar-refractivity contribution in [2.75, 3.05) is 18.6 Å². The van der Waals surface area contributed by atoms with Gasteiger partial charge in [-0.15, -0.1) is 0 Å². The number of nitrogens with two attached hydrogens (primary N) is 1. The van der Waals surface area contributed by atoms with E-state index in [2.05, 4.69) is 15.4 Å². The number of fused-ring (bicyclic) bond motifs is 1. The van der Waals surface area contributed by atoms with Gasteiger partial charge in [0.15, 0.2) is 11.5 Å². The molecule has 110 valence electrons. The molecular formula is C14H16N4O2S. The SMILES string of the molecule is Cc1nc(NN)c(C)c(Sc2ccc3c(c2)OCCO3)n1. The maximum absolute atomic E-state index is 5.60. The van der Waals surface area contributed by atoms with E-state index < -0.39 is 0 Å². The lowest BCUT2D eigenvalue weighted by Crippen LogP contribution is -2.15. The van der Waals surface area contributed by atoms with Crippen LogP contribution in [0.4, 0.5) is 5.82 Å². The maximum atomic E-state index is 5.60. The fraction of sp³-hybridized carbons (Fsp3) is 0.286. The van der Waals surface area contributed by atoms with Crippen molar-refractivity contribution in [3.05, 3.63) is 29.6 Å². The van der Waals surface area contributed by atoms with Crippen LogP contribution in [0.1, 0.15) is 11.4 Å². The molecule has 0 saturated heterocycles. The number of ether oxygens (including phenoxy) is 2. The van der Waals surface area contributed by atoms with Gasteiger partial charge in [0.25, 0.3) is 0 Å². The van der Waals surface area contributed by atoms with Crippen molar-refractivity contribution in [3.8, 4) is 11.5 Å². The summed E-state index contributed by atoms with van der Waals surface area (Å²) in [6, 6.07) is 5.87. The van der Waals surface area contributed by atoms with E-state index >= 15 is 0 Å². The summed E-state index contributed by atoms with van der Waals surface area (Å²) in [5, 5.41) is 0.868. The van der Waals surface area contributed by atoms with Crippen LogP contribution in [0.2, 0.25) is 0 Å². The predicted octanol–water partition coefficient (Wildman–Crippen LogP) is 2.30. The van der Waals surface area contributed by atoms with E-state index in [1.165, 1.54) is 0 Å². The molecule has 0 saturated carbocycles. The maximum Gasteiger partial charge on any atom is 0.162 e. The molecule has 2 heterocycles. The van der Waals surface area contributed by atoms with E-state index in [1.54, 1.807) is 11.8 Å². The number of benzene rings is 1. The quantitative estimate of drug-likeness (QED) is 0.511. The van der Waals surface area contributed by atoms with Gasteiger partial charge in [0.1, 0.15) is 29.9 Å². The van der Waals surface area contributed by atoms with Crippen molar-refractivity contribution >= 4 is 17.6 Å². The zero-order chi connectivity index (χ0) is 14.8. The molecule has 0 radical (unpaired) electrons. The van der Waals surface area contributed by atoms with Crippen LogP contribution in [-0.2, 0) is 0 Å². The number of rotatable bonds is 3. The summed E-state index contributed by atoms with van der Waals surface area (Å²) >= 11 is 1.55. The summed E-state index contributed by atoms with van der Waals surface area (Å²) in [7, 11) is 0. The lowest BCUT2D eigenvalue weighted by atomic mass is 10.3. The Morgan fingerprint density at radius 2 is 1.90 bits per heavy atom. The molecule has 7 heteroatoms. The second kappa shape index (κ2) is 5.79. The number of aryl methyl sites for hydroxylation is 1. The molecule has 1 aliphatic rings. The molecule has 3 rings (SSSR count). The molecule has 3 N–H and O–H groups in total. The van der Waals surface area contributed by atoms with Crippen LogP contribution in [-0.4, -0.2) is 23.2 Å². The van der Waals surface area contributed by atoms with Crippen molar-refractivity contribution < 1.29 is 9.47 Å². The number of nitrogen functional groups attached to an aromatic ring is 1. The molecule has 0 atom stereocenters. The molecule has 0 spiro atoms. The van der Waals surface area contributed by atoms with Crippen molar-refractivity contribution in [2.45, 2.75) is 23.8 Å². The Labute approximate surface area is 127 Å². The molecule has 21 heavy (non-hydrogen) atoms. The first-order valence-corrected chi connectivity index (χ1v) is 7.38. The molecule has 1 aromatic carbocycles. The van der Waals surface area contributed by atoms with Crippen molar-refractivity contribution in [1.82, 2.24) is 9.97 Å². The zero-order valence-corrected chi connectivity index (χ0v) is 12.7. The van der Waals surface area contributed by atoms with Gasteiger partial charge < -0.3 is 14.9 Å². The monoisotopic (exact) mass is 304 g/mol. The van der Waals surface area contributed by atoms with E-state index in [0.717, 1.165) is 27.0 Å². The lowest BCUT2D eigenvalue weighted by molar-refractivity contribution is 0.171. The van der Waals surface area contributed by atoms with Gasteiger partial charge >= 0.3 is 0 Å². The van der Waals surface area contributed by atoms with E-state index in [0.29, 0.717) is 24.9 Å². The number of nitrogens with one attached hydrogen (secondary N) is 1. The third kappa shape index (κ3) is 2.88. The second-order valence-corrected chi connectivity index (χ2v) is 5.66. The van der Waals surface area contributed by atoms with Gasteiger partial charge in [0, 0.05) is 10.5 Å². The second-order valence-electron chi connectivity index (χ2n) is 4.60. The topological polar surface area (TPSA) is 82.3 Å². The van der Waals surface area contributed by atoms with Crippen molar-refractivity contribution in [1.29, 1.82) is 0 Å². The summed E-state index contributed by atoms with van der Waals surface area (Å²) in [5.41, 5.74) is 3.52. The standard InChI is InChI=1S/C14H16N4O2S/c1-8-13(18-15)16-9(2)17-14(8)21-10-3-4-11-12(7-10)20-6-5-19-11/h3-4,7H,5-6,15H2,1-2H3,(H,16,17,18). The van der Waals surface area contributed by atoms with Crippen LogP contribution in [0.15, 0.2) is 28.1 Å². The minimum absolute atomic E-state index is 0.577. The smallest absolute Gasteiger partial charge is 0.162 e. The Morgan fingerprint density at radius 1 is 1.14 bits per heavy atom. The average molecular weight is 304 g/mol. The highest BCUT2D eigenvalue weighted by Crippen LogP contribution is 2.37. The molecule has 0 fully saturated rings. The van der Waals surface area contributed by atoms with Gasteiger partial charge in [0.2, 0.25) is 0 Å². The first-order valence-electron chi connectivity index (χ1n) is 6.56. The van der Waals surface area contributed by atoms with Gasteiger partial charge in [-0.25, -0.2) is 15.8 Å². The largest absolute Gasteiger partial charge is 0.486 e. The highest BCUT2D eigenvalue weighted by molar-refractivity contribution is 7.99. The summed E-state index contributed by atoms with van der Waals surface area (Å²) < 4.78 is 11.1. The molecule has 6 nitrogen and oxygen atoms in total. The molecule has 1 aromatic heterocycles. The molecule has 0 aliphatic carbocycles. The first kappa shape index (κ1) is 14.0. The fourth-order valence-electron chi connectivity index (χ4n) is 2.04. The zero-order valence-electron chi connectivity index (χ0n) is 11.8. The van der Waals surface area contributed by atoms with Crippen LogP contribution in [0.25, 0.3) is 0 Å². The lowest BCUT2D eigenvalue weighted by Gasteiger charge is -2.18. The van der Waals surface area contributed by atoms with Gasteiger partial charge in [0.05, 0.1) is 0 Å². The van der Waals surface area contributed by atoms with E-state index in [4.69, 9.17) is 15.3 Å². The van der Waals surface area contributed by atoms with Crippen LogP contribution in [0, 0.1) is 13.8 Å². The van der Waals surface area contributed by atoms with E-state index in [9.17, 15) is 0 Å². The van der Waals surface area contributed by atoms with Crippen LogP contribution in [0.5, 0.6) is 11.5 Å². The predicted molar refractivity (Wildman–Crippen MR) is 80.9 cm³/mol. The summed E-state index contributed by atoms with van der Waals surface area (Å²) in [6.45, 7) is 4.95. The molecule has 0 unspecified atom stereocenters. The molecular weight excluding hydrogens is 288 g/mol. The average Bonchev–Trinajstić information content (AvgIpc) is 2.50. The minimum atomic E-state index is 0.577. The van der Waals surface area contributed by atoms with Crippen LogP contribution < -0.4 is 20.7 Å². The Bertz CT molecular complexity index is 678. The summed E-state index contributed by atoms with van der Waals surface area (Å²) in [4.78, 5) is 9.76. The Hall–Kier alpha value is -1.99. The summed E-state index contributed by atoms with van der Waals surface area (Å²) in [6.07, 6.45) is 0. The summed E-state index contributed by atoms with van der Waals surface area (Å²) in [5.74, 6) is 8.36. The highest BCUT2D eigenvalue weighted by Gasteiger charge is 2.14. The molecule has 0 bridgehead atoms. The number of nitrogens with zero attached hydrogens (tertiary/aromatic N) is 2. The Kier molecular flexibility index (Phi) is 3.85. The third-order valence-electron chi connectivity index (χ3n) is 3.08. The van der Waals surface area contributed by atoms with Crippen molar-refractivity contribution in [2.24, 2.45) is 5.84 Å². The first-order chi connectivity index (χ1) is 10.2. The number of hydrazine groups is 1. The third-order valence-corrected chi connectivity index (χ3v) is 4.16. The molecule has 2 aromatic rings. The van der Waals surface area contributed by atoms with Gasteiger partial charge in [-0.2, -0.15) is 0 Å². The Balaban J connectivity index is 1.91. The van der Waals surface area contributed by atoms with Gasteiger partial charge in [-0.05, 0) is 32.0 Å². The number of hydrogen-bond acceptors (Lipinski definition) is 7. The number of hydrogen-bond donors (Lipinski definition) is 2. The highest BCUT2D eigenvalue weighted by atomic mass is 32.2. The van der Waals surface area contributed by atoms with E-state index in [-0.39, 0.29) is 0 Å². The van der Waals surface area contributed by atoms with Gasteiger partial charge in [-0.3, -0.25) is 0 Å². The number of aromatic nitrogens is 2. The number of anilines is 1. The molecule has 0 amide bonds. The van der Waals surface area contributed by atoms with Gasteiger partial charge in [-0.1, -0.05) is 11.8 Å². The minimum Gasteiger partial charge on any atom is -0.486 e. The van der Waals surface area contributed by atoms with Crippen molar-refractivity contribution in [3.63, 3.8) is 0 Å².